The third kappa shape index (κ3) is 5.29. The molecule has 3 atom stereocenters. The summed E-state index contributed by atoms with van der Waals surface area (Å²) in [7, 11) is 0. The number of aromatic amines is 1. The van der Waals surface area contributed by atoms with Crippen LogP contribution in [-0.4, -0.2) is 46.3 Å². The molecule has 4 N–H and O–H groups in total. The Morgan fingerprint density at radius 2 is 2.11 bits per heavy atom. The molecular formula is C18H24N6O3. The maximum absolute atomic E-state index is 12.7. The minimum absolute atomic E-state index is 0.0728. The summed E-state index contributed by atoms with van der Waals surface area (Å²) in [5.41, 5.74) is 0. The van der Waals surface area contributed by atoms with Crippen molar-refractivity contribution in [3.63, 3.8) is 0 Å². The van der Waals surface area contributed by atoms with Gasteiger partial charge in [0.1, 0.15) is 12.1 Å². The first-order valence-corrected chi connectivity index (χ1v) is 9.34. The van der Waals surface area contributed by atoms with Gasteiger partial charge in [-0.1, -0.05) is 12.8 Å². The molecule has 27 heavy (non-hydrogen) atoms. The molecule has 3 amide bonds. The molecule has 1 saturated carbocycles. The average Bonchev–Trinajstić information content (AvgIpc) is 3.30. The number of nitrogens with zero attached hydrogens (tertiary/aromatic N) is 2. The van der Waals surface area contributed by atoms with Crippen LogP contribution in [0.25, 0.3) is 0 Å². The highest BCUT2D eigenvalue weighted by molar-refractivity contribution is 5.95. The molecular weight excluding hydrogens is 348 g/mol. The molecule has 3 rings (SSSR count). The first-order chi connectivity index (χ1) is 13.1. The van der Waals surface area contributed by atoms with Crippen molar-refractivity contribution >= 4 is 17.7 Å². The van der Waals surface area contributed by atoms with Gasteiger partial charge in [0, 0.05) is 24.9 Å². The van der Waals surface area contributed by atoms with Gasteiger partial charge in [-0.25, -0.2) is 4.98 Å². The number of piperidine rings is 1. The number of rotatable bonds is 8. The lowest BCUT2D eigenvalue weighted by atomic mass is 9.92. The van der Waals surface area contributed by atoms with Crippen molar-refractivity contribution in [3.8, 4) is 6.07 Å². The van der Waals surface area contributed by atoms with Crippen molar-refractivity contribution in [3.05, 3.63) is 18.2 Å². The Balaban J connectivity index is 1.59. The van der Waals surface area contributed by atoms with E-state index in [0.717, 1.165) is 19.3 Å². The topological polar surface area (TPSA) is 140 Å². The summed E-state index contributed by atoms with van der Waals surface area (Å²) in [5, 5.41) is 17.6. The maximum Gasteiger partial charge on any atom is 0.287 e. The van der Waals surface area contributed by atoms with E-state index in [9.17, 15) is 19.6 Å². The zero-order valence-corrected chi connectivity index (χ0v) is 15.0. The number of nitriles is 1. The van der Waals surface area contributed by atoms with Crippen LogP contribution in [0.5, 0.6) is 0 Å². The fraction of sp³-hybridized carbons (Fsp3) is 0.611. The average molecular weight is 372 g/mol. The summed E-state index contributed by atoms with van der Waals surface area (Å²) in [5.74, 6) is -0.660. The maximum atomic E-state index is 12.7. The van der Waals surface area contributed by atoms with Gasteiger partial charge in [0.05, 0.1) is 6.07 Å². The third-order valence-electron chi connectivity index (χ3n) is 4.99. The van der Waals surface area contributed by atoms with E-state index in [-0.39, 0.29) is 24.1 Å². The first-order valence-electron chi connectivity index (χ1n) is 9.34. The molecule has 0 spiro atoms. The second-order valence-electron chi connectivity index (χ2n) is 7.20. The van der Waals surface area contributed by atoms with E-state index in [1.807, 2.05) is 0 Å². The van der Waals surface area contributed by atoms with Crippen LogP contribution in [0.3, 0.4) is 0 Å². The van der Waals surface area contributed by atoms with E-state index in [0.29, 0.717) is 25.3 Å². The molecule has 2 fully saturated rings. The summed E-state index contributed by atoms with van der Waals surface area (Å²) in [6, 6.07) is 0.562. The fourth-order valence-electron chi connectivity index (χ4n) is 3.30. The van der Waals surface area contributed by atoms with Crippen LogP contribution in [0, 0.1) is 23.2 Å². The van der Waals surface area contributed by atoms with Crippen LogP contribution in [0.15, 0.2) is 12.4 Å². The summed E-state index contributed by atoms with van der Waals surface area (Å²) < 4.78 is 0. The van der Waals surface area contributed by atoms with Gasteiger partial charge in [-0.3, -0.25) is 14.4 Å². The van der Waals surface area contributed by atoms with Crippen LogP contribution >= 0.6 is 0 Å². The molecule has 1 aromatic rings. The van der Waals surface area contributed by atoms with Gasteiger partial charge >= 0.3 is 0 Å². The predicted octanol–water partition coefficient (Wildman–Crippen LogP) is 0.233. The second-order valence-corrected chi connectivity index (χ2v) is 7.20. The largest absolute Gasteiger partial charge is 0.356 e. The molecule has 0 bridgehead atoms. The normalized spacial score (nSPS) is 21.4. The standard InChI is InChI=1S/C18H24N6O3/c19-10-13(9-12-2-1-5-22-16(12)25)23-17(26)14(8-11-3-4-11)24-18(27)15-20-6-7-21-15/h6-7,11-14H,1-5,8-9H2,(H,20,21)(H,22,25)(H,23,26)(H,24,27)/t12-,13?,14?/m0/s1. The smallest absolute Gasteiger partial charge is 0.287 e. The number of hydrogen-bond acceptors (Lipinski definition) is 5. The SMILES string of the molecule is N#CC(C[C@@H]1CCCNC1=O)NC(=O)C(CC1CC1)NC(=O)c1ncc[nH]1. The van der Waals surface area contributed by atoms with Gasteiger partial charge in [-0.15, -0.1) is 0 Å². The van der Waals surface area contributed by atoms with Gasteiger partial charge in [0.15, 0.2) is 5.82 Å². The van der Waals surface area contributed by atoms with Crippen LogP contribution in [0.2, 0.25) is 0 Å². The monoisotopic (exact) mass is 372 g/mol. The number of carbonyl (C=O) groups is 3. The highest BCUT2D eigenvalue weighted by Gasteiger charge is 2.33. The number of carbonyl (C=O) groups excluding carboxylic acids is 3. The Bertz CT molecular complexity index is 722. The number of amides is 3. The Kier molecular flexibility index (Phi) is 6.06. The zero-order valence-electron chi connectivity index (χ0n) is 15.0. The van der Waals surface area contributed by atoms with E-state index in [2.05, 4.69) is 32.0 Å². The van der Waals surface area contributed by atoms with Crippen LogP contribution in [0.1, 0.15) is 49.1 Å². The number of nitrogens with one attached hydrogen (secondary N) is 4. The lowest BCUT2D eigenvalue weighted by Crippen LogP contribution is -2.50. The van der Waals surface area contributed by atoms with Crippen molar-refractivity contribution in [2.75, 3.05) is 6.54 Å². The highest BCUT2D eigenvalue weighted by Crippen LogP contribution is 2.33. The Morgan fingerprint density at radius 1 is 1.30 bits per heavy atom. The van der Waals surface area contributed by atoms with E-state index < -0.39 is 23.9 Å². The van der Waals surface area contributed by atoms with E-state index in [1.165, 1.54) is 12.4 Å². The molecule has 2 heterocycles. The van der Waals surface area contributed by atoms with Crippen LogP contribution in [-0.2, 0) is 9.59 Å². The van der Waals surface area contributed by atoms with Gasteiger partial charge < -0.3 is 20.9 Å². The van der Waals surface area contributed by atoms with Gasteiger partial charge in [0.25, 0.3) is 5.91 Å². The molecule has 1 aromatic heterocycles. The molecule has 1 aliphatic carbocycles. The molecule has 1 saturated heterocycles. The number of imidazole rings is 1. The minimum atomic E-state index is -0.770. The zero-order chi connectivity index (χ0) is 19.2. The van der Waals surface area contributed by atoms with Crippen LogP contribution in [0.4, 0.5) is 0 Å². The van der Waals surface area contributed by atoms with Crippen molar-refractivity contribution < 1.29 is 14.4 Å². The molecule has 9 nitrogen and oxygen atoms in total. The first kappa shape index (κ1) is 18.9. The van der Waals surface area contributed by atoms with Crippen molar-refractivity contribution in [1.82, 2.24) is 25.9 Å². The quantitative estimate of drug-likeness (QED) is 0.517. The number of hydrogen-bond donors (Lipinski definition) is 4. The molecule has 0 radical (unpaired) electrons. The van der Waals surface area contributed by atoms with E-state index in [4.69, 9.17) is 0 Å². The molecule has 9 heteroatoms. The molecule has 144 valence electrons. The molecule has 0 aromatic carbocycles. The third-order valence-corrected chi connectivity index (χ3v) is 4.99. The number of aromatic nitrogens is 2. The lowest BCUT2D eigenvalue weighted by molar-refractivity contribution is -0.128. The molecule has 1 aliphatic heterocycles. The summed E-state index contributed by atoms with van der Waals surface area (Å²) >= 11 is 0. The van der Waals surface area contributed by atoms with Crippen LogP contribution < -0.4 is 16.0 Å². The van der Waals surface area contributed by atoms with E-state index >= 15 is 0 Å². The second kappa shape index (κ2) is 8.66. The number of H-pyrrole nitrogens is 1. The summed E-state index contributed by atoms with van der Waals surface area (Å²) in [6.45, 7) is 0.654. The molecule has 2 aliphatic rings. The van der Waals surface area contributed by atoms with Gasteiger partial charge in [-0.05, 0) is 31.6 Å². The van der Waals surface area contributed by atoms with Gasteiger partial charge in [0.2, 0.25) is 11.8 Å². The van der Waals surface area contributed by atoms with E-state index in [1.54, 1.807) is 0 Å². The Morgan fingerprint density at radius 3 is 2.74 bits per heavy atom. The minimum Gasteiger partial charge on any atom is -0.356 e. The predicted molar refractivity (Wildman–Crippen MR) is 95.1 cm³/mol. The fourth-order valence-corrected chi connectivity index (χ4v) is 3.30. The van der Waals surface area contributed by atoms with Crippen molar-refractivity contribution in [2.24, 2.45) is 11.8 Å². The van der Waals surface area contributed by atoms with Crippen molar-refractivity contribution in [2.45, 2.75) is 50.6 Å². The highest BCUT2D eigenvalue weighted by atomic mass is 16.2. The Labute approximate surface area is 157 Å². The molecule has 2 unspecified atom stereocenters. The van der Waals surface area contributed by atoms with Gasteiger partial charge in [-0.2, -0.15) is 5.26 Å². The Hall–Kier alpha value is -2.89. The summed E-state index contributed by atoms with van der Waals surface area (Å²) in [4.78, 5) is 43.4. The summed E-state index contributed by atoms with van der Waals surface area (Å²) in [6.07, 6.45) is 7.44. The van der Waals surface area contributed by atoms with Crippen molar-refractivity contribution in [1.29, 1.82) is 5.26 Å². The lowest BCUT2D eigenvalue weighted by Gasteiger charge is -2.25.